The van der Waals surface area contributed by atoms with Crippen LogP contribution in [0.15, 0.2) is 48.5 Å². The molecule has 0 aliphatic heterocycles. The first-order valence-corrected chi connectivity index (χ1v) is 7.43. The van der Waals surface area contributed by atoms with E-state index in [1.54, 1.807) is 6.07 Å². The topological polar surface area (TPSA) is 55.1 Å². The molecule has 0 bridgehead atoms. The molecule has 0 saturated heterocycles. The fourth-order valence-electron chi connectivity index (χ4n) is 3.02. The molecule has 0 saturated carbocycles. The molecule has 1 aliphatic rings. The third kappa shape index (κ3) is 3.24. The summed E-state index contributed by atoms with van der Waals surface area (Å²) < 4.78 is 0. The second-order valence-electron chi connectivity index (χ2n) is 5.72. The molecule has 1 aliphatic carbocycles. The highest BCUT2D eigenvalue weighted by molar-refractivity contribution is 5.93. The lowest BCUT2D eigenvalue weighted by atomic mass is 9.82. The van der Waals surface area contributed by atoms with Crippen LogP contribution >= 0.6 is 0 Å². The molecular formula is C18H20N2O. The number of carbonyl (C=O) groups is 1. The Kier molecular flexibility index (Phi) is 3.91. The maximum Gasteiger partial charge on any atom is 0.224 e. The standard InChI is InChI=1S/C18H20N2O/c19-16-7-3-4-8-17(16)20-18(21)12-13-9-10-14-5-1-2-6-15(14)11-13/h1-8,13H,9-12,19H2,(H,20,21). The van der Waals surface area contributed by atoms with E-state index in [0.29, 0.717) is 23.7 Å². The van der Waals surface area contributed by atoms with Crippen LogP contribution in [0.5, 0.6) is 0 Å². The van der Waals surface area contributed by atoms with Crippen LogP contribution < -0.4 is 11.1 Å². The molecule has 0 fully saturated rings. The van der Waals surface area contributed by atoms with Crippen molar-refractivity contribution in [3.8, 4) is 0 Å². The predicted octanol–water partition coefficient (Wildman–Crippen LogP) is 3.40. The molecule has 21 heavy (non-hydrogen) atoms. The van der Waals surface area contributed by atoms with Crippen LogP contribution in [-0.2, 0) is 17.6 Å². The van der Waals surface area contributed by atoms with E-state index in [9.17, 15) is 4.79 Å². The fourth-order valence-corrected chi connectivity index (χ4v) is 3.02. The summed E-state index contributed by atoms with van der Waals surface area (Å²) in [5, 5.41) is 2.92. The average Bonchev–Trinajstić information content (AvgIpc) is 2.49. The van der Waals surface area contributed by atoms with E-state index < -0.39 is 0 Å². The maximum absolute atomic E-state index is 12.2. The Hall–Kier alpha value is -2.29. The van der Waals surface area contributed by atoms with Crippen LogP contribution in [0, 0.1) is 5.92 Å². The van der Waals surface area contributed by atoms with Crippen molar-refractivity contribution in [2.75, 3.05) is 11.1 Å². The molecule has 108 valence electrons. The van der Waals surface area contributed by atoms with Gasteiger partial charge in [-0.25, -0.2) is 0 Å². The average molecular weight is 280 g/mol. The first-order valence-electron chi connectivity index (χ1n) is 7.43. The van der Waals surface area contributed by atoms with Gasteiger partial charge in [0.05, 0.1) is 11.4 Å². The van der Waals surface area contributed by atoms with Crippen molar-refractivity contribution in [3.63, 3.8) is 0 Å². The number of benzene rings is 2. The smallest absolute Gasteiger partial charge is 0.224 e. The minimum absolute atomic E-state index is 0.0530. The molecule has 2 aromatic rings. The number of amides is 1. The molecular weight excluding hydrogens is 260 g/mol. The van der Waals surface area contributed by atoms with Gasteiger partial charge in [0.2, 0.25) is 5.91 Å². The van der Waals surface area contributed by atoms with Crippen LogP contribution in [-0.4, -0.2) is 5.91 Å². The molecule has 0 aromatic heterocycles. The first-order chi connectivity index (χ1) is 10.2. The summed E-state index contributed by atoms with van der Waals surface area (Å²) in [6, 6.07) is 15.9. The number of nitrogens with two attached hydrogens (primary N) is 1. The molecule has 1 unspecified atom stereocenters. The Morgan fingerprint density at radius 3 is 2.62 bits per heavy atom. The van der Waals surface area contributed by atoms with Gasteiger partial charge in [0.15, 0.2) is 0 Å². The summed E-state index contributed by atoms with van der Waals surface area (Å²) >= 11 is 0. The van der Waals surface area contributed by atoms with E-state index in [1.807, 2.05) is 18.2 Å². The molecule has 1 atom stereocenters. The Morgan fingerprint density at radius 1 is 1.10 bits per heavy atom. The molecule has 3 nitrogen and oxygen atoms in total. The molecule has 2 aromatic carbocycles. The second-order valence-corrected chi connectivity index (χ2v) is 5.72. The summed E-state index contributed by atoms with van der Waals surface area (Å²) in [6.07, 6.45) is 3.70. The number of carbonyl (C=O) groups excluding carboxylic acids is 1. The lowest BCUT2D eigenvalue weighted by molar-refractivity contribution is -0.117. The number of aryl methyl sites for hydroxylation is 1. The monoisotopic (exact) mass is 280 g/mol. The van der Waals surface area contributed by atoms with Crippen molar-refractivity contribution >= 4 is 17.3 Å². The third-order valence-corrected chi connectivity index (χ3v) is 4.16. The molecule has 0 heterocycles. The van der Waals surface area contributed by atoms with E-state index in [4.69, 9.17) is 5.73 Å². The van der Waals surface area contributed by atoms with Crippen molar-refractivity contribution in [2.45, 2.75) is 25.7 Å². The van der Waals surface area contributed by atoms with Gasteiger partial charge in [0.25, 0.3) is 0 Å². The molecule has 3 heteroatoms. The lowest BCUT2D eigenvalue weighted by Gasteiger charge is -2.24. The van der Waals surface area contributed by atoms with Gasteiger partial charge in [-0.1, -0.05) is 36.4 Å². The highest BCUT2D eigenvalue weighted by Crippen LogP contribution is 2.28. The van der Waals surface area contributed by atoms with Crippen LogP contribution in [0.4, 0.5) is 11.4 Å². The van der Waals surface area contributed by atoms with Crippen molar-refractivity contribution in [1.29, 1.82) is 0 Å². The van der Waals surface area contributed by atoms with Gasteiger partial charge in [-0.3, -0.25) is 4.79 Å². The Labute approximate surface area is 125 Å². The number of rotatable bonds is 3. The molecule has 1 amide bonds. The van der Waals surface area contributed by atoms with E-state index in [-0.39, 0.29) is 5.91 Å². The van der Waals surface area contributed by atoms with Crippen LogP contribution in [0.25, 0.3) is 0 Å². The van der Waals surface area contributed by atoms with Crippen LogP contribution in [0.1, 0.15) is 24.0 Å². The van der Waals surface area contributed by atoms with Crippen molar-refractivity contribution < 1.29 is 4.79 Å². The SMILES string of the molecule is Nc1ccccc1NC(=O)CC1CCc2ccccc2C1. The van der Waals surface area contributed by atoms with Gasteiger partial charge in [-0.15, -0.1) is 0 Å². The number of nitrogen functional groups attached to an aromatic ring is 1. The summed E-state index contributed by atoms with van der Waals surface area (Å²) in [6.45, 7) is 0. The molecule has 0 radical (unpaired) electrons. The molecule has 3 N–H and O–H groups in total. The van der Waals surface area contributed by atoms with Crippen molar-refractivity contribution in [2.24, 2.45) is 5.92 Å². The summed E-state index contributed by atoms with van der Waals surface area (Å²) in [4.78, 5) is 12.2. The van der Waals surface area contributed by atoms with E-state index >= 15 is 0 Å². The number of para-hydroxylation sites is 2. The van der Waals surface area contributed by atoms with E-state index in [1.165, 1.54) is 11.1 Å². The van der Waals surface area contributed by atoms with Gasteiger partial charge in [0.1, 0.15) is 0 Å². The largest absolute Gasteiger partial charge is 0.397 e. The normalized spacial score (nSPS) is 17.0. The molecule has 0 spiro atoms. The minimum Gasteiger partial charge on any atom is -0.397 e. The maximum atomic E-state index is 12.2. The number of fused-ring (bicyclic) bond motifs is 1. The zero-order valence-corrected chi connectivity index (χ0v) is 12.0. The van der Waals surface area contributed by atoms with Gasteiger partial charge < -0.3 is 11.1 Å². The van der Waals surface area contributed by atoms with Gasteiger partial charge >= 0.3 is 0 Å². The van der Waals surface area contributed by atoms with E-state index in [2.05, 4.69) is 29.6 Å². The van der Waals surface area contributed by atoms with Crippen molar-refractivity contribution in [3.05, 3.63) is 59.7 Å². The highest BCUT2D eigenvalue weighted by Gasteiger charge is 2.20. The summed E-state index contributed by atoms with van der Waals surface area (Å²) in [5.41, 5.74) is 9.99. The number of anilines is 2. The fraction of sp³-hybridized carbons (Fsp3) is 0.278. The summed E-state index contributed by atoms with van der Waals surface area (Å²) in [7, 11) is 0. The number of hydrogen-bond donors (Lipinski definition) is 2. The van der Waals surface area contributed by atoms with Gasteiger partial charge in [0, 0.05) is 6.42 Å². The van der Waals surface area contributed by atoms with Crippen LogP contribution in [0.2, 0.25) is 0 Å². The molecule has 3 rings (SSSR count). The Morgan fingerprint density at radius 2 is 1.81 bits per heavy atom. The third-order valence-electron chi connectivity index (χ3n) is 4.16. The van der Waals surface area contributed by atoms with Crippen LogP contribution in [0.3, 0.4) is 0 Å². The highest BCUT2D eigenvalue weighted by atomic mass is 16.1. The quantitative estimate of drug-likeness (QED) is 0.847. The number of nitrogens with one attached hydrogen (secondary N) is 1. The summed E-state index contributed by atoms with van der Waals surface area (Å²) in [5.74, 6) is 0.474. The number of hydrogen-bond acceptors (Lipinski definition) is 2. The minimum atomic E-state index is 0.0530. The van der Waals surface area contributed by atoms with Gasteiger partial charge in [-0.05, 0) is 48.4 Å². The second kappa shape index (κ2) is 6.00. The van der Waals surface area contributed by atoms with E-state index in [0.717, 1.165) is 19.3 Å². The lowest BCUT2D eigenvalue weighted by Crippen LogP contribution is -2.22. The predicted molar refractivity (Wildman–Crippen MR) is 86.1 cm³/mol. The van der Waals surface area contributed by atoms with Crippen molar-refractivity contribution in [1.82, 2.24) is 0 Å². The van der Waals surface area contributed by atoms with Gasteiger partial charge in [-0.2, -0.15) is 0 Å². The Balaban J connectivity index is 1.60. The Bertz CT molecular complexity index is 651. The first kappa shape index (κ1) is 13.7. The zero-order valence-electron chi connectivity index (χ0n) is 12.0. The zero-order chi connectivity index (χ0) is 14.7.